The van der Waals surface area contributed by atoms with Crippen LogP contribution in [0.1, 0.15) is 45.2 Å². The standard InChI is InChI=1S/C23H31N3O5/c1-6-15-7-8-16(19(9-15)31-13-14(2)27)11-25-21(29)18-10-17(28)12-26(18)22(30)20(24)23(3,4)5/h1,7-9,17-18,20,28H,10-13,24H2,2-5H3,(H,25,29)/t17-,18+,20-/m1/s1. The van der Waals surface area contributed by atoms with Crippen LogP contribution in [0.5, 0.6) is 5.75 Å². The third-order valence-electron chi connectivity index (χ3n) is 5.18. The third kappa shape index (κ3) is 6.29. The molecule has 1 fully saturated rings. The fraction of sp³-hybridized carbons (Fsp3) is 0.522. The van der Waals surface area contributed by atoms with Gasteiger partial charge in [0.05, 0.1) is 12.1 Å². The van der Waals surface area contributed by atoms with Gasteiger partial charge in [0.1, 0.15) is 18.4 Å². The highest BCUT2D eigenvalue weighted by atomic mass is 16.5. The van der Waals surface area contributed by atoms with E-state index in [9.17, 15) is 19.5 Å². The van der Waals surface area contributed by atoms with Gasteiger partial charge in [0, 0.05) is 30.6 Å². The number of amides is 2. The van der Waals surface area contributed by atoms with Crippen molar-refractivity contribution in [2.24, 2.45) is 11.1 Å². The Bertz CT molecular complexity index is 884. The molecule has 8 heteroatoms. The number of likely N-dealkylation sites (tertiary alicyclic amines) is 1. The van der Waals surface area contributed by atoms with Crippen LogP contribution in [-0.2, 0) is 20.9 Å². The van der Waals surface area contributed by atoms with Gasteiger partial charge in [-0.2, -0.15) is 0 Å². The Morgan fingerprint density at radius 3 is 2.65 bits per heavy atom. The summed E-state index contributed by atoms with van der Waals surface area (Å²) in [6.07, 6.45) is 4.77. The van der Waals surface area contributed by atoms with E-state index in [0.717, 1.165) is 0 Å². The highest BCUT2D eigenvalue weighted by Gasteiger charge is 2.42. The minimum atomic E-state index is -0.817. The van der Waals surface area contributed by atoms with Crippen LogP contribution >= 0.6 is 0 Å². The predicted molar refractivity (Wildman–Crippen MR) is 116 cm³/mol. The van der Waals surface area contributed by atoms with Crippen molar-refractivity contribution in [1.82, 2.24) is 10.2 Å². The normalized spacial score (nSPS) is 19.5. The van der Waals surface area contributed by atoms with Gasteiger partial charge in [0.15, 0.2) is 5.78 Å². The lowest BCUT2D eigenvalue weighted by molar-refractivity contribution is -0.141. The van der Waals surface area contributed by atoms with Crippen molar-refractivity contribution in [3.05, 3.63) is 29.3 Å². The highest BCUT2D eigenvalue weighted by Crippen LogP contribution is 2.25. The largest absolute Gasteiger partial charge is 0.485 e. The van der Waals surface area contributed by atoms with Crippen molar-refractivity contribution in [1.29, 1.82) is 0 Å². The smallest absolute Gasteiger partial charge is 0.243 e. The van der Waals surface area contributed by atoms with E-state index in [4.69, 9.17) is 16.9 Å². The van der Waals surface area contributed by atoms with Crippen molar-refractivity contribution in [2.75, 3.05) is 13.2 Å². The summed E-state index contributed by atoms with van der Waals surface area (Å²) in [5.74, 6) is 1.99. The van der Waals surface area contributed by atoms with Crippen molar-refractivity contribution < 1.29 is 24.2 Å². The summed E-state index contributed by atoms with van der Waals surface area (Å²) < 4.78 is 5.53. The Morgan fingerprint density at radius 1 is 1.39 bits per heavy atom. The number of terminal acetylenes is 1. The Kier molecular flexibility index (Phi) is 7.82. The summed E-state index contributed by atoms with van der Waals surface area (Å²) in [7, 11) is 0. The number of rotatable bonds is 7. The number of nitrogens with zero attached hydrogens (tertiary/aromatic N) is 1. The number of nitrogens with two attached hydrogens (primary N) is 1. The molecule has 0 aromatic heterocycles. The Balaban J connectivity index is 2.13. The zero-order chi connectivity index (χ0) is 23.3. The number of hydrogen-bond acceptors (Lipinski definition) is 6. The average molecular weight is 430 g/mol. The number of carbonyl (C=O) groups is 3. The number of hydrogen-bond donors (Lipinski definition) is 3. The molecule has 0 bridgehead atoms. The first-order valence-electron chi connectivity index (χ1n) is 10.2. The minimum Gasteiger partial charge on any atom is -0.485 e. The number of ether oxygens (including phenoxy) is 1. The average Bonchev–Trinajstić information content (AvgIpc) is 3.10. The Labute approximate surface area is 183 Å². The van der Waals surface area contributed by atoms with E-state index in [1.54, 1.807) is 18.2 Å². The number of aliphatic hydroxyl groups excluding tert-OH is 1. The van der Waals surface area contributed by atoms with Crippen LogP contribution < -0.4 is 15.8 Å². The van der Waals surface area contributed by atoms with Gasteiger partial charge in [-0.3, -0.25) is 14.4 Å². The number of Topliss-reactive ketones (excluding diaryl/α,β-unsaturated/α-hetero) is 1. The lowest BCUT2D eigenvalue weighted by atomic mass is 9.86. The van der Waals surface area contributed by atoms with Crippen LogP contribution in [0.2, 0.25) is 0 Å². The quantitative estimate of drug-likeness (QED) is 0.545. The van der Waals surface area contributed by atoms with E-state index in [0.29, 0.717) is 16.9 Å². The van der Waals surface area contributed by atoms with Gasteiger partial charge < -0.3 is 25.8 Å². The lowest BCUT2D eigenvalue weighted by Gasteiger charge is -2.32. The van der Waals surface area contributed by atoms with E-state index in [-0.39, 0.29) is 37.8 Å². The maximum absolute atomic E-state index is 12.9. The van der Waals surface area contributed by atoms with Crippen molar-refractivity contribution in [2.45, 2.75) is 58.8 Å². The molecule has 168 valence electrons. The van der Waals surface area contributed by atoms with Gasteiger partial charge in [-0.05, 0) is 24.5 Å². The molecule has 0 radical (unpaired) electrons. The highest BCUT2D eigenvalue weighted by molar-refractivity contribution is 5.90. The summed E-state index contributed by atoms with van der Waals surface area (Å²) in [6.45, 7) is 7.00. The van der Waals surface area contributed by atoms with Crippen LogP contribution in [0.3, 0.4) is 0 Å². The van der Waals surface area contributed by atoms with Crippen molar-refractivity contribution in [3.8, 4) is 18.1 Å². The molecule has 1 saturated heterocycles. The summed E-state index contributed by atoms with van der Waals surface area (Å²) in [4.78, 5) is 38.3. The molecule has 0 aliphatic carbocycles. The van der Waals surface area contributed by atoms with Crippen LogP contribution in [0, 0.1) is 17.8 Å². The lowest BCUT2D eigenvalue weighted by Crippen LogP contribution is -2.54. The fourth-order valence-electron chi connectivity index (χ4n) is 3.26. The zero-order valence-corrected chi connectivity index (χ0v) is 18.5. The number of aliphatic hydroxyl groups is 1. The Morgan fingerprint density at radius 2 is 2.06 bits per heavy atom. The molecule has 0 spiro atoms. The summed E-state index contributed by atoms with van der Waals surface area (Å²) in [5.41, 5.74) is 6.83. The monoisotopic (exact) mass is 429 g/mol. The molecule has 4 N–H and O–H groups in total. The second-order valence-electron chi connectivity index (χ2n) is 8.91. The molecule has 0 saturated carbocycles. The van der Waals surface area contributed by atoms with E-state index < -0.39 is 29.5 Å². The second kappa shape index (κ2) is 9.94. The first kappa shape index (κ1) is 24.4. The zero-order valence-electron chi connectivity index (χ0n) is 18.5. The molecular weight excluding hydrogens is 398 g/mol. The molecule has 3 atom stereocenters. The first-order valence-corrected chi connectivity index (χ1v) is 10.2. The topological polar surface area (TPSA) is 122 Å². The molecular formula is C23H31N3O5. The number of carbonyl (C=O) groups excluding carboxylic acids is 3. The third-order valence-corrected chi connectivity index (χ3v) is 5.18. The molecule has 31 heavy (non-hydrogen) atoms. The van der Waals surface area contributed by atoms with E-state index in [2.05, 4.69) is 11.2 Å². The van der Waals surface area contributed by atoms with Gasteiger partial charge in [0.25, 0.3) is 0 Å². The molecule has 8 nitrogen and oxygen atoms in total. The van der Waals surface area contributed by atoms with Gasteiger partial charge in [-0.1, -0.05) is 32.8 Å². The predicted octanol–water partition coefficient (Wildman–Crippen LogP) is 0.587. The maximum Gasteiger partial charge on any atom is 0.243 e. The van der Waals surface area contributed by atoms with E-state index >= 15 is 0 Å². The first-order chi connectivity index (χ1) is 14.4. The summed E-state index contributed by atoms with van der Waals surface area (Å²) in [6, 6.07) is 3.44. The van der Waals surface area contributed by atoms with Crippen LogP contribution in [0.15, 0.2) is 18.2 Å². The molecule has 1 aromatic carbocycles. The van der Waals surface area contributed by atoms with Crippen LogP contribution in [0.4, 0.5) is 0 Å². The molecule has 1 heterocycles. The maximum atomic E-state index is 12.9. The van der Waals surface area contributed by atoms with Gasteiger partial charge in [-0.15, -0.1) is 6.42 Å². The van der Waals surface area contributed by atoms with Crippen molar-refractivity contribution >= 4 is 17.6 Å². The number of benzene rings is 1. The molecule has 1 aromatic rings. The van der Waals surface area contributed by atoms with E-state index in [1.807, 2.05) is 20.8 Å². The van der Waals surface area contributed by atoms with Gasteiger partial charge >= 0.3 is 0 Å². The van der Waals surface area contributed by atoms with Crippen LogP contribution in [-0.4, -0.2) is 58.9 Å². The number of nitrogens with one attached hydrogen (secondary N) is 1. The minimum absolute atomic E-state index is 0.0601. The number of β-amino-alcohol motifs (C(OH)–C–C–N with tert-alkyl or cyclic N) is 1. The molecule has 2 amide bonds. The Hall–Kier alpha value is -2.89. The number of ketones is 1. The van der Waals surface area contributed by atoms with Crippen molar-refractivity contribution in [3.63, 3.8) is 0 Å². The van der Waals surface area contributed by atoms with E-state index in [1.165, 1.54) is 11.8 Å². The fourth-order valence-corrected chi connectivity index (χ4v) is 3.26. The summed E-state index contributed by atoms with van der Waals surface area (Å²) >= 11 is 0. The van der Waals surface area contributed by atoms with Gasteiger partial charge in [0.2, 0.25) is 11.8 Å². The molecule has 1 aliphatic heterocycles. The molecule has 1 aliphatic rings. The summed E-state index contributed by atoms with van der Waals surface area (Å²) in [5, 5.41) is 12.9. The second-order valence-corrected chi connectivity index (χ2v) is 8.91. The molecule has 2 rings (SSSR count). The SMILES string of the molecule is C#Cc1ccc(CNC(=O)[C@@H]2C[C@@H](O)CN2C(=O)[C@@H](N)C(C)(C)C)c(OCC(C)=O)c1. The molecule has 0 unspecified atom stereocenters. The van der Waals surface area contributed by atoms with Crippen LogP contribution in [0.25, 0.3) is 0 Å². The van der Waals surface area contributed by atoms with Gasteiger partial charge in [-0.25, -0.2) is 0 Å².